The van der Waals surface area contributed by atoms with E-state index < -0.39 is 0 Å². The van der Waals surface area contributed by atoms with Gasteiger partial charge in [-0.2, -0.15) is 0 Å². The third-order valence-electron chi connectivity index (χ3n) is 3.84. The van der Waals surface area contributed by atoms with Crippen LogP contribution in [0.3, 0.4) is 0 Å². The Morgan fingerprint density at radius 2 is 2.07 bits per heavy atom. The average Bonchev–Trinajstić information content (AvgIpc) is 2.26. The SMILES string of the molecule is CN(C)CCN1CCNC2CCCCC21. The van der Waals surface area contributed by atoms with E-state index in [1.165, 1.54) is 51.9 Å². The Kier molecular flexibility index (Phi) is 4.00. The Bertz CT molecular complexity index is 191. The molecule has 1 aliphatic carbocycles. The number of nitrogens with zero attached hydrogens (tertiary/aromatic N) is 2. The summed E-state index contributed by atoms with van der Waals surface area (Å²) >= 11 is 0. The Morgan fingerprint density at radius 3 is 2.87 bits per heavy atom. The second kappa shape index (κ2) is 5.28. The molecular weight excluding hydrogens is 186 g/mol. The van der Waals surface area contributed by atoms with E-state index in [1.54, 1.807) is 0 Å². The monoisotopic (exact) mass is 211 g/mol. The molecule has 0 amide bonds. The lowest BCUT2D eigenvalue weighted by molar-refractivity contribution is 0.0819. The zero-order valence-electron chi connectivity index (χ0n) is 10.2. The predicted octanol–water partition coefficient (Wildman–Crippen LogP) is 0.764. The van der Waals surface area contributed by atoms with Crippen LogP contribution in [0.5, 0.6) is 0 Å². The van der Waals surface area contributed by atoms with Gasteiger partial charge in [-0.25, -0.2) is 0 Å². The van der Waals surface area contributed by atoms with E-state index >= 15 is 0 Å². The molecule has 0 aromatic rings. The molecule has 2 unspecified atom stereocenters. The molecule has 3 nitrogen and oxygen atoms in total. The zero-order chi connectivity index (χ0) is 10.7. The van der Waals surface area contributed by atoms with Crippen molar-refractivity contribution in [1.29, 1.82) is 0 Å². The minimum Gasteiger partial charge on any atom is -0.311 e. The standard InChI is InChI=1S/C12H25N3/c1-14(2)9-10-15-8-7-13-11-5-3-4-6-12(11)15/h11-13H,3-10H2,1-2H3. The van der Waals surface area contributed by atoms with Crippen molar-refractivity contribution in [1.82, 2.24) is 15.1 Å². The number of hydrogen-bond acceptors (Lipinski definition) is 3. The van der Waals surface area contributed by atoms with Gasteiger partial charge in [0.1, 0.15) is 0 Å². The van der Waals surface area contributed by atoms with E-state index in [0.717, 1.165) is 12.1 Å². The Balaban J connectivity index is 1.86. The number of likely N-dealkylation sites (N-methyl/N-ethyl adjacent to an activating group) is 1. The first kappa shape index (κ1) is 11.4. The van der Waals surface area contributed by atoms with Crippen LogP contribution >= 0.6 is 0 Å². The molecule has 1 saturated heterocycles. The van der Waals surface area contributed by atoms with Crippen molar-refractivity contribution in [3.8, 4) is 0 Å². The van der Waals surface area contributed by atoms with Gasteiger partial charge in [-0.3, -0.25) is 4.90 Å². The molecule has 1 saturated carbocycles. The van der Waals surface area contributed by atoms with Crippen LogP contribution < -0.4 is 5.32 Å². The molecule has 2 atom stereocenters. The highest BCUT2D eigenvalue weighted by molar-refractivity contribution is 4.92. The van der Waals surface area contributed by atoms with E-state index in [-0.39, 0.29) is 0 Å². The highest BCUT2D eigenvalue weighted by Crippen LogP contribution is 2.25. The topological polar surface area (TPSA) is 18.5 Å². The quantitative estimate of drug-likeness (QED) is 0.744. The zero-order valence-corrected chi connectivity index (χ0v) is 10.2. The summed E-state index contributed by atoms with van der Waals surface area (Å²) in [6.07, 6.45) is 5.66. The van der Waals surface area contributed by atoms with Crippen molar-refractivity contribution in [2.75, 3.05) is 40.3 Å². The number of nitrogens with one attached hydrogen (secondary N) is 1. The minimum atomic E-state index is 0.787. The van der Waals surface area contributed by atoms with Crippen molar-refractivity contribution < 1.29 is 0 Å². The van der Waals surface area contributed by atoms with Crippen molar-refractivity contribution in [3.63, 3.8) is 0 Å². The molecular formula is C12H25N3. The maximum absolute atomic E-state index is 3.68. The van der Waals surface area contributed by atoms with Crippen LogP contribution in [0.1, 0.15) is 25.7 Å². The van der Waals surface area contributed by atoms with Crippen LogP contribution in [0.15, 0.2) is 0 Å². The summed E-state index contributed by atoms with van der Waals surface area (Å²) in [5, 5.41) is 3.68. The van der Waals surface area contributed by atoms with Crippen molar-refractivity contribution in [3.05, 3.63) is 0 Å². The first-order valence-electron chi connectivity index (χ1n) is 6.39. The van der Waals surface area contributed by atoms with Gasteiger partial charge in [-0.1, -0.05) is 12.8 Å². The van der Waals surface area contributed by atoms with Gasteiger partial charge < -0.3 is 10.2 Å². The second-order valence-electron chi connectivity index (χ2n) is 5.25. The molecule has 1 N–H and O–H groups in total. The lowest BCUT2D eigenvalue weighted by Gasteiger charge is -2.45. The average molecular weight is 211 g/mol. The van der Waals surface area contributed by atoms with Gasteiger partial charge >= 0.3 is 0 Å². The van der Waals surface area contributed by atoms with Crippen molar-refractivity contribution in [2.24, 2.45) is 0 Å². The van der Waals surface area contributed by atoms with Gasteiger partial charge in [0.2, 0.25) is 0 Å². The lowest BCUT2D eigenvalue weighted by atomic mass is 9.87. The number of rotatable bonds is 3. The van der Waals surface area contributed by atoms with Crippen LogP contribution in [-0.2, 0) is 0 Å². The first-order valence-corrected chi connectivity index (χ1v) is 6.39. The van der Waals surface area contributed by atoms with Gasteiger partial charge in [0, 0.05) is 38.3 Å². The molecule has 1 aliphatic heterocycles. The first-order chi connectivity index (χ1) is 7.27. The van der Waals surface area contributed by atoms with Crippen molar-refractivity contribution >= 4 is 0 Å². The summed E-state index contributed by atoms with van der Waals surface area (Å²) in [6, 6.07) is 1.61. The highest BCUT2D eigenvalue weighted by atomic mass is 15.3. The lowest BCUT2D eigenvalue weighted by Crippen LogP contribution is -2.59. The van der Waals surface area contributed by atoms with E-state index in [0.29, 0.717) is 0 Å². The summed E-state index contributed by atoms with van der Waals surface area (Å²) in [4.78, 5) is 5.00. The smallest absolute Gasteiger partial charge is 0.0250 e. The van der Waals surface area contributed by atoms with Gasteiger partial charge in [0.15, 0.2) is 0 Å². The fraction of sp³-hybridized carbons (Fsp3) is 1.00. The van der Waals surface area contributed by atoms with E-state index in [4.69, 9.17) is 0 Å². The summed E-state index contributed by atoms with van der Waals surface area (Å²) in [5.41, 5.74) is 0. The van der Waals surface area contributed by atoms with E-state index in [2.05, 4.69) is 29.2 Å². The van der Waals surface area contributed by atoms with E-state index in [9.17, 15) is 0 Å². The largest absolute Gasteiger partial charge is 0.311 e. The highest BCUT2D eigenvalue weighted by Gasteiger charge is 2.32. The van der Waals surface area contributed by atoms with Crippen LogP contribution in [0.4, 0.5) is 0 Å². The number of fused-ring (bicyclic) bond motifs is 1. The van der Waals surface area contributed by atoms with Gasteiger partial charge in [-0.05, 0) is 26.9 Å². The van der Waals surface area contributed by atoms with Crippen molar-refractivity contribution in [2.45, 2.75) is 37.8 Å². The molecule has 15 heavy (non-hydrogen) atoms. The normalized spacial score (nSPS) is 33.0. The predicted molar refractivity (Wildman–Crippen MR) is 64.2 cm³/mol. The fourth-order valence-corrected chi connectivity index (χ4v) is 2.95. The number of hydrogen-bond donors (Lipinski definition) is 1. The van der Waals surface area contributed by atoms with Gasteiger partial charge in [0.25, 0.3) is 0 Å². The summed E-state index contributed by atoms with van der Waals surface area (Å²) in [7, 11) is 4.33. The summed E-state index contributed by atoms with van der Waals surface area (Å²) < 4.78 is 0. The van der Waals surface area contributed by atoms with Crippen LogP contribution in [0, 0.1) is 0 Å². The molecule has 2 rings (SSSR count). The second-order valence-corrected chi connectivity index (χ2v) is 5.25. The molecule has 0 aromatic heterocycles. The van der Waals surface area contributed by atoms with E-state index in [1.807, 2.05) is 0 Å². The van der Waals surface area contributed by atoms with Crippen LogP contribution in [0.25, 0.3) is 0 Å². The molecule has 2 aliphatic rings. The molecule has 0 radical (unpaired) electrons. The fourth-order valence-electron chi connectivity index (χ4n) is 2.95. The van der Waals surface area contributed by atoms with Gasteiger partial charge in [-0.15, -0.1) is 0 Å². The maximum Gasteiger partial charge on any atom is 0.0250 e. The summed E-state index contributed by atoms with van der Waals surface area (Å²) in [6.45, 7) is 4.88. The van der Waals surface area contributed by atoms with Crippen LogP contribution in [-0.4, -0.2) is 62.2 Å². The molecule has 88 valence electrons. The van der Waals surface area contributed by atoms with Gasteiger partial charge in [0.05, 0.1) is 0 Å². The molecule has 0 spiro atoms. The molecule has 3 heteroatoms. The maximum atomic E-state index is 3.68. The summed E-state index contributed by atoms with van der Waals surface area (Å²) in [5.74, 6) is 0. The third kappa shape index (κ3) is 2.92. The molecule has 0 aromatic carbocycles. The Morgan fingerprint density at radius 1 is 1.27 bits per heavy atom. The molecule has 0 bridgehead atoms. The Labute approximate surface area is 93.8 Å². The number of piperazine rings is 1. The Hall–Kier alpha value is -0.120. The molecule has 2 fully saturated rings. The minimum absolute atomic E-state index is 0.787. The molecule has 1 heterocycles. The third-order valence-corrected chi connectivity index (χ3v) is 3.84. The van der Waals surface area contributed by atoms with Crippen LogP contribution in [0.2, 0.25) is 0 Å².